The van der Waals surface area contributed by atoms with Gasteiger partial charge in [0.1, 0.15) is 25.2 Å². The maximum absolute atomic E-state index is 5.81. The Morgan fingerprint density at radius 2 is 1.65 bits per heavy atom. The van der Waals surface area contributed by atoms with E-state index in [2.05, 4.69) is 35.8 Å². The van der Waals surface area contributed by atoms with Crippen molar-refractivity contribution in [2.75, 3.05) is 51.3 Å². The molecule has 0 atom stereocenters. The van der Waals surface area contributed by atoms with E-state index in [-0.39, 0.29) is 0 Å². The molecular weight excluding hydrogens is 442 g/mol. The SMILES string of the molecule is COCCOc1ccc(Nc2ncnc(Nc3cc(-c4ccco4)[nH]n3)n2)cc1OCCOC. The number of furan rings is 1. The molecule has 12 heteroatoms. The number of nitrogens with one attached hydrogen (secondary N) is 3. The van der Waals surface area contributed by atoms with E-state index in [0.29, 0.717) is 67.1 Å². The number of nitrogens with zero attached hydrogens (tertiary/aromatic N) is 4. The van der Waals surface area contributed by atoms with Gasteiger partial charge in [0.25, 0.3) is 0 Å². The van der Waals surface area contributed by atoms with Crippen molar-refractivity contribution in [2.45, 2.75) is 0 Å². The van der Waals surface area contributed by atoms with Gasteiger partial charge in [0.05, 0.1) is 19.5 Å². The predicted octanol–water partition coefficient (Wildman–Crippen LogP) is 3.39. The lowest BCUT2D eigenvalue weighted by molar-refractivity contribution is 0.132. The van der Waals surface area contributed by atoms with Crippen molar-refractivity contribution in [1.82, 2.24) is 25.1 Å². The minimum Gasteiger partial charge on any atom is -0.487 e. The van der Waals surface area contributed by atoms with Gasteiger partial charge in [-0.2, -0.15) is 10.1 Å². The van der Waals surface area contributed by atoms with Gasteiger partial charge in [-0.25, -0.2) is 9.97 Å². The van der Waals surface area contributed by atoms with Gasteiger partial charge in [0.2, 0.25) is 11.9 Å². The number of ether oxygens (including phenoxy) is 4. The van der Waals surface area contributed by atoms with Crippen molar-refractivity contribution in [3.05, 3.63) is 49.0 Å². The monoisotopic (exact) mass is 467 g/mol. The van der Waals surface area contributed by atoms with Crippen LogP contribution in [0.5, 0.6) is 11.5 Å². The average Bonchev–Trinajstić information content (AvgIpc) is 3.53. The third-order valence-electron chi connectivity index (χ3n) is 4.47. The Kier molecular flexibility index (Phi) is 7.87. The van der Waals surface area contributed by atoms with Crippen LogP contribution in [0, 0.1) is 0 Å². The first kappa shape index (κ1) is 23.0. The number of H-pyrrole nitrogens is 1. The van der Waals surface area contributed by atoms with Crippen molar-refractivity contribution in [2.24, 2.45) is 0 Å². The molecule has 4 rings (SSSR count). The van der Waals surface area contributed by atoms with Crippen LogP contribution in [0.4, 0.5) is 23.4 Å². The lowest BCUT2D eigenvalue weighted by atomic mass is 10.2. The maximum Gasteiger partial charge on any atom is 0.233 e. The van der Waals surface area contributed by atoms with Gasteiger partial charge < -0.3 is 34.0 Å². The Bertz CT molecular complexity index is 1170. The van der Waals surface area contributed by atoms with E-state index in [0.717, 1.165) is 5.69 Å². The smallest absolute Gasteiger partial charge is 0.233 e. The molecule has 3 heterocycles. The van der Waals surface area contributed by atoms with Crippen molar-refractivity contribution in [1.29, 1.82) is 0 Å². The second-order valence-electron chi connectivity index (χ2n) is 6.87. The molecule has 1 aromatic carbocycles. The van der Waals surface area contributed by atoms with Crippen molar-refractivity contribution < 1.29 is 23.4 Å². The van der Waals surface area contributed by atoms with Crippen LogP contribution in [0.1, 0.15) is 0 Å². The van der Waals surface area contributed by atoms with Gasteiger partial charge in [-0.05, 0) is 24.3 Å². The minimum absolute atomic E-state index is 0.325. The molecule has 0 amide bonds. The van der Waals surface area contributed by atoms with Crippen LogP contribution in [0.15, 0.2) is 53.4 Å². The van der Waals surface area contributed by atoms with E-state index in [4.69, 9.17) is 23.4 Å². The topological polar surface area (TPSA) is 141 Å². The number of anilines is 4. The number of rotatable bonds is 13. The molecule has 12 nitrogen and oxygen atoms in total. The molecule has 0 aliphatic heterocycles. The highest BCUT2D eigenvalue weighted by Crippen LogP contribution is 2.31. The fraction of sp³-hybridized carbons (Fsp3) is 0.273. The second kappa shape index (κ2) is 11.6. The summed E-state index contributed by atoms with van der Waals surface area (Å²) in [5.41, 5.74) is 1.44. The fourth-order valence-electron chi connectivity index (χ4n) is 2.89. The number of methoxy groups -OCH3 is 2. The highest BCUT2D eigenvalue weighted by Gasteiger charge is 2.11. The molecule has 0 radical (unpaired) electrons. The molecule has 34 heavy (non-hydrogen) atoms. The second-order valence-corrected chi connectivity index (χ2v) is 6.87. The van der Waals surface area contributed by atoms with Gasteiger partial charge in [0.15, 0.2) is 23.1 Å². The predicted molar refractivity (Wildman–Crippen MR) is 124 cm³/mol. The molecule has 0 saturated heterocycles. The van der Waals surface area contributed by atoms with Gasteiger partial charge in [0, 0.05) is 32.0 Å². The molecule has 3 N–H and O–H groups in total. The quantitative estimate of drug-likeness (QED) is 0.249. The standard InChI is InChI=1S/C22H25N7O5/c1-30-8-10-33-18-6-5-15(12-19(18)34-11-9-31-2)25-21-23-14-24-22(27-21)26-20-13-16(28-29-20)17-4-3-7-32-17/h3-7,12-14H,8-11H2,1-2H3,(H3,23,24,25,26,27,28,29). The van der Waals surface area contributed by atoms with Crippen LogP contribution in [-0.4, -0.2) is 65.8 Å². The first-order valence-electron chi connectivity index (χ1n) is 10.4. The summed E-state index contributed by atoms with van der Waals surface area (Å²) in [7, 11) is 3.23. The fourth-order valence-corrected chi connectivity index (χ4v) is 2.89. The third kappa shape index (κ3) is 6.21. The summed E-state index contributed by atoms with van der Waals surface area (Å²) in [6.45, 7) is 1.70. The van der Waals surface area contributed by atoms with E-state index in [1.54, 1.807) is 44.7 Å². The van der Waals surface area contributed by atoms with E-state index in [9.17, 15) is 0 Å². The molecule has 178 valence electrons. The number of aromatic amines is 1. The molecular formula is C22H25N7O5. The van der Waals surface area contributed by atoms with Crippen molar-refractivity contribution in [3.63, 3.8) is 0 Å². The molecule has 0 saturated carbocycles. The third-order valence-corrected chi connectivity index (χ3v) is 4.47. The Labute approximate surface area is 195 Å². The van der Waals surface area contributed by atoms with Crippen LogP contribution in [-0.2, 0) is 9.47 Å². The Morgan fingerprint density at radius 3 is 2.38 bits per heavy atom. The molecule has 4 aromatic rings. The van der Waals surface area contributed by atoms with Crippen molar-refractivity contribution in [3.8, 4) is 23.0 Å². The summed E-state index contributed by atoms with van der Waals surface area (Å²) in [4.78, 5) is 12.7. The highest BCUT2D eigenvalue weighted by molar-refractivity contribution is 5.62. The largest absolute Gasteiger partial charge is 0.487 e. The molecule has 3 aromatic heterocycles. The summed E-state index contributed by atoms with van der Waals surface area (Å²) < 4.78 is 27.0. The zero-order chi connectivity index (χ0) is 23.6. The van der Waals surface area contributed by atoms with Gasteiger partial charge >= 0.3 is 0 Å². The van der Waals surface area contributed by atoms with Gasteiger partial charge in [-0.1, -0.05) is 0 Å². The Hall–Kier alpha value is -4.16. The lowest BCUT2D eigenvalue weighted by Gasteiger charge is -2.14. The number of benzene rings is 1. The van der Waals surface area contributed by atoms with E-state index < -0.39 is 0 Å². The van der Waals surface area contributed by atoms with Crippen LogP contribution in [0.3, 0.4) is 0 Å². The van der Waals surface area contributed by atoms with Crippen molar-refractivity contribution >= 4 is 23.4 Å². The molecule has 0 bridgehead atoms. The first-order chi connectivity index (χ1) is 16.7. The van der Waals surface area contributed by atoms with Gasteiger partial charge in [-0.3, -0.25) is 5.10 Å². The van der Waals surface area contributed by atoms with Crippen LogP contribution in [0.2, 0.25) is 0 Å². The molecule has 0 fully saturated rings. The summed E-state index contributed by atoms with van der Waals surface area (Å²) in [5.74, 6) is 3.04. The molecule has 0 aliphatic carbocycles. The highest BCUT2D eigenvalue weighted by atomic mass is 16.5. The van der Waals surface area contributed by atoms with E-state index >= 15 is 0 Å². The molecule has 0 aliphatic rings. The number of hydrogen-bond acceptors (Lipinski definition) is 11. The van der Waals surface area contributed by atoms with Crippen LogP contribution >= 0.6 is 0 Å². The first-order valence-corrected chi connectivity index (χ1v) is 10.4. The zero-order valence-corrected chi connectivity index (χ0v) is 18.8. The zero-order valence-electron chi connectivity index (χ0n) is 18.8. The minimum atomic E-state index is 0.325. The lowest BCUT2D eigenvalue weighted by Crippen LogP contribution is -2.09. The Balaban J connectivity index is 1.44. The molecule has 0 spiro atoms. The maximum atomic E-state index is 5.81. The van der Waals surface area contributed by atoms with E-state index in [1.807, 2.05) is 12.1 Å². The van der Waals surface area contributed by atoms with Crippen LogP contribution in [0.25, 0.3) is 11.5 Å². The van der Waals surface area contributed by atoms with E-state index in [1.165, 1.54) is 6.33 Å². The summed E-state index contributed by atoms with van der Waals surface area (Å²) in [5, 5.41) is 13.3. The van der Waals surface area contributed by atoms with Crippen LogP contribution < -0.4 is 20.1 Å². The summed E-state index contributed by atoms with van der Waals surface area (Å²) >= 11 is 0. The number of hydrogen-bond donors (Lipinski definition) is 3. The summed E-state index contributed by atoms with van der Waals surface area (Å²) in [6.07, 6.45) is 3.00. The number of aromatic nitrogens is 5. The van der Waals surface area contributed by atoms with Gasteiger partial charge in [-0.15, -0.1) is 0 Å². The summed E-state index contributed by atoms with van der Waals surface area (Å²) in [6, 6.07) is 10.9. The normalized spacial score (nSPS) is 10.8. The Morgan fingerprint density at radius 1 is 0.882 bits per heavy atom. The average molecular weight is 467 g/mol. The molecule has 0 unspecified atom stereocenters.